The van der Waals surface area contributed by atoms with E-state index in [-0.39, 0.29) is 24.5 Å². The molecular weight excluding hydrogens is 390 g/mol. The summed E-state index contributed by atoms with van der Waals surface area (Å²) < 4.78 is 4.96. The standard InChI is InChI=1S/C21H23N3O4S/c1-14(16-8-9-16)22-19(26)12-28-20(27)11-10-17-13-29-21(23-17)24(15(2)25)18-6-4-3-5-7-18/h3-7,10-11,13-14,16H,8-9,12H2,1-2H3,(H,22,26)/b11-10+/t14-/m0/s1. The Morgan fingerprint density at radius 3 is 2.69 bits per heavy atom. The number of anilines is 2. The molecule has 0 saturated heterocycles. The van der Waals surface area contributed by atoms with Crippen molar-refractivity contribution in [2.75, 3.05) is 11.5 Å². The second kappa shape index (κ2) is 9.47. The maximum absolute atomic E-state index is 12.1. The number of hydrogen-bond acceptors (Lipinski definition) is 6. The van der Waals surface area contributed by atoms with Crippen molar-refractivity contribution in [3.05, 3.63) is 47.5 Å². The third kappa shape index (κ3) is 5.99. The molecule has 0 radical (unpaired) electrons. The number of nitrogens with zero attached hydrogens (tertiary/aromatic N) is 2. The first-order valence-electron chi connectivity index (χ1n) is 9.39. The highest BCUT2D eigenvalue weighted by Gasteiger charge is 2.28. The number of thiazole rings is 1. The van der Waals surface area contributed by atoms with Gasteiger partial charge in [0.05, 0.1) is 11.4 Å². The zero-order valence-corrected chi connectivity index (χ0v) is 17.1. The van der Waals surface area contributed by atoms with E-state index in [0.29, 0.717) is 16.7 Å². The molecule has 8 heteroatoms. The van der Waals surface area contributed by atoms with E-state index in [1.165, 1.54) is 35.3 Å². The highest BCUT2D eigenvalue weighted by molar-refractivity contribution is 7.14. The fraction of sp³-hybridized carbons (Fsp3) is 0.333. The summed E-state index contributed by atoms with van der Waals surface area (Å²) in [6.07, 6.45) is 4.98. The van der Waals surface area contributed by atoms with Crippen LogP contribution in [0.15, 0.2) is 41.8 Å². The molecule has 1 saturated carbocycles. The van der Waals surface area contributed by atoms with Gasteiger partial charge in [0.1, 0.15) is 0 Å². The van der Waals surface area contributed by atoms with Crippen LogP contribution >= 0.6 is 11.3 Å². The number of carbonyl (C=O) groups excluding carboxylic acids is 3. The van der Waals surface area contributed by atoms with E-state index < -0.39 is 5.97 Å². The third-order valence-corrected chi connectivity index (χ3v) is 5.33. The molecule has 0 unspecified atom stereocenters. The van der Waals surface area contributed by atoms with Crippen LogP contribution in [0.25, 0.3) is 6.08 Å². The normalized spacial score (nSPS) is 14.4. The summed E-state index contributed by atoms with van der Waals surface area (Å²) in [5.74, 6) is -0.548. The van der Waals surface area contributed by atoms with E-state index in [1.807, 2.05) is 37.3 Å². The molecule has 1 aliphatic carbocycles. The van der Waals surface area contributed by atoms with Crippen LogP contribution in [-0.4, -0.2) is 35.4 Å². The van der Waals surface area contributed by atoms with Crippen molar-refractivity contribution >= 4 is 46.0 Å². The van der Waals surface area contributed by atoms with Gasteiger partial charge in [-0.15, -0.1) is 11.3 Å². The Hall–Kier alpha value is -3.00. The van der Waals surface area contributed by atoms with E-state index >= 15 is 0 Å². The van der Waals surface area contributed by atoms with Crippen molar-refractivity contribution in [1.29, 1.82) is 0 Å². The number of carbonyl (C=O) groups is 3. The second-order valence-corrected chi connectivity index (χ2v) is 7.72. The van der Waals surface area contributed by atoms with Crippen LogP contribution in [0, 0.1) is 5.92 Å². The summed E-state index contributed by atoms with van der Waals surface area (Å²) in [6.45, 7) is 3.11. The van der Waals surface area contributed by atoms with Gasteiger partial charge >= 0.3 is 5.97 Å². The minimum atomic E-state index is -0.625. The molecule has 1 N–H and O–H groups in total. The van der Waals surface area contributed by atoms with Crippen LogP contribution in [0.4, 0.5) is 10.8 Å². The molecule has 1 aromatic carbocycles. The fourth-order valence-electron chi connectivity index (χ4n) is 2.81. The Kier molecular flexibility index (Phi) is 6.77. The van der Waals surface area contributed by atoms with Gasteiger partial charge in [-0.2, -0.15) is 0 Å². The van der Waals surface area contributed by atoms with E-state index in [0.717, 1.165) is 18.5 Å². The molecule has 3 rings (SSSR count). The lowest BCUT2D eigenvalue weighted by molar-refractivity contribution is -0.144. The highest BCUT2D eigenvalue weighted by Crippen LogP contribution is 2.32. The number of hydrogen-bond donors (Lipinski definition) is 1. The highest BCUT2D eigenvalue weighted by atomic mass is 32.1. The number of aromatic nitrogens is 1. The number of esters is 1. The lowest BCUT2D eigenvalue weighted by atomic mass is 10.2. The van der Waals surface area contributed by atoms with Gasteiger partial charge in [0, 0.05) is 24.4 Å². The summed E-state index contributed by atoms with van der Waals surface area (Å²) in [5.41, 5.74) is 1.24. The predicted octanol–water partition coefficient (Wildman–Crippen LogP) is 3.30. The first-order chi connectivity index (χ1) is 13.9. The summed E-state index contributed by atoms with van der Waals surface area (Å²) in [5, 5.41) is 5.07. The third-order valence-electron chi connectivity index (χ3n) is 4.48. The van der Waals surface area contributed by atoms with Crippen LogP contribution in [0.3, 0.4) is 0 Å². The minimum Gasteiger partial charge on any atom is -0.452 e. The van der Waals surface area contributed by atoms with Gasteiger partial charge in [-0.1, -0.05) is 18.2 Å². The second-order valence-electron chi connectivity index (χ2n) is 6.88. The average Bonchev–Trinajstić information content (AvgIpc) is 3.45. The van der Waals surface area contributed by atoms with Crippen molar-refractivity contribution < 1.29 is 19.1 Å². The molecular formula is C21H23N3O4S. The monoisotopic (exact) mass is 413 g/mol. The molecule has 1 aliphatic rings. The van der Waals surface area contributed by atoms with Crippen LogP contribution < -0.4 is 10.2 Å². The number of nitrogens with one attached hydrogen (secondary N) is 1. The molecule has 1 heterocycles. The van der Waals surface area contributed by atoms with Crippen LogP contribution in [0.5, 0.6) is 0 Å². The van der Waals surface area contributed by atoms with E-state index in [2.05, 4.69) is 10.3 Å². The number of ether oxygens (including phenoxy) is 1. The Morgan fingerprint density at radius 1 is 1.31 bits per heavy atom. The van der Waals surface area contributed by atoms with Gasteiger partial charge in [-0.3, -0.25) is 14.5 Å². The van der Waals surface area contributed by atoms with Gasteiger partial charge in [0.2, 0.25) is 5.91 Å². The van der Waals surface area contributed by atoms with Gasteiger partial charge < -0.3 is 10.1 Å². The molecule has 29 heavy (non-hydrogen) atoms. The Bertz CT molecular complexity index is 906. The summed E-state index contributed by atoms with van der Waals surface area (Å²) in [7, 11) is 0. The van der Waals surface area contributed by atoms with E-state index in [1.54, 1.807) is 5.38 Å². The quantitative estimate of drug-likeness (QED) is 0.530. The summed E-state index contributed by atoms with van der Waals surface area (Å²) in [6, 6.07) is 9.32. The van der Waals surface area contributed by atoms with Gasteiger partial charge in [-0.05, 0) is 43.9 Å². The zero-order chi connectivity index (χ0) is 20.8. The predicted molar refractivity (Wildman–Crippen MR) is 112 cm³/mol. The summed E-state index contributed by atoms with van der Waals surface area (Å²) >= 11 is 1.29. The van der Waals surface area contributed by atoms with Crippen molar-refractivity contribution in [1.82, 2.24) is 10.3 Å². The Morgan fingerprint density at radius 2 is 2.03 bits per heavy atom. The molecule has 0 bridgehead atoms. The maximum Gasteiger partial charge on any atom is 0.331 e. The smallest absolute Gasteiger partial charge is 0.331 e. The zero-order valence-electron chi connectivity index (χ0n) is 16.3. The molecule has 1 fully saturated rings. The number of rotatable bonds is 8. The van der Waals surface area contributed by atoms with Crippen LogP contribution in [-0.2, 0) is 19.1 Å². The molecule has 0 spiro atoms. The average molecular weight is 413 g/mol. The Balaban J connectivity index is 1.54. The molecule has 2 amide bonds. The van der Waals surface area contributed by atoms with Crippen molar-refractivity contribution in [2.24, 2.45) is 5.92 Å². The maximum atomic E-state index is 12.1. The lowest BCUT2D eigenvalue weighted by Gasteiger charge is -2.17. The van der Waals surface area contributed by atoms with Crippen molar-refractivity contribution in [3.63, 3.8) is 0 Å². The number of benzene rings is 1. The van der Waals surface area contributed by atoms with E-state index in [9.17, 15) is 14.4 Å². The topological polar surface area (TPSA) is 88.6 Å². The van der Waals surface area contributed by atoms with Crippen molar-refractivity contribution in [3.8, 4) is 0 Å². The first-order valence-corrected chi connectivity index (χ1v) is 10.3. The molecule has 1 aromatic heterocycles. The molecule has 2 aromatic rings. The van der Waals surface area contributed by atoms with Crippen LogP contribution in [0.1, 0.15) is 32.4 Å². The van der Waals surface area contributed by atoms with Crippen LogP contribution in [0.2, 0.25) is 0 Å². The first kappa shape index (κ1) is 20.7. The SMILES string of the molecule is CC(=O)N(c1ccccc1)c1nc(/C=C/C(=O)OCC(=O)N[C@@H](C)C2CC2)cs1. The van der Waals surface area contributed by atoms with Crippen molar-refractivity contribution in [2.45, 2.75) is 32.7 Å². The lowest BCUT2D eigenvalue weighted by Crippen LogP contribution is -2.36. The minimum absolute atomic E-state index is 0.110. The largest absolute Gasteiger partial charge is 0.452 e. The number of para-hydroxylation sites is 1. The molecule has 7 nitrogen and oxygen atoms in total. The van der Waals surface area contributed by atoms with E-state index in [4.69, 9.17) is 4.74 Å². The van der Waals surface area contributed by atoms with Gasteiger partial charge in [0.25, 0.3) is 5.91 Å². The number of amides is 2. The summed E-state index contributed by atoms with van der Waals surface area (Å²) in [4.78, 5) is 41.6. The van der Waals surface area contributed by atoms with Gasteiger partial charge in [-0.25, -0.2) is 9.78 Å². The molecule has 1 atom stereocenters. The Labute approximate surface area is 173 Å². The molecule has 152 valence electrons. The fourth-order valence-corrected chi connectivity index (χ4v) is 3.66. The molecule has 0 aliphatic heterocycles. The van der Waals surface area contributed by atoms with Gasteiger partial charge in [0.15, 0.2) is 11.7 Å².